The minimum absolute atomic E-state index is 0.391. The molecule has 17 heavy (non-hydrogen) atoms. The monoisotopic (exact) mass is 254 g/mol. The molecule has 2 atom stereocenters. The third-order valence-electron chi connectivity index (χ3n) is 2.95. The molecule has 0 aliphatic carbocycles. The number of hydrazine groups is 1. The lowest BCUT2D eigenvalue weighted by Crippen LogP contribution is -2.38. The van der Waals surface area contributed by atoms with E-state index in [1.54, 1.807) is 11.3 Å². The first-order valence-electron chi connectivity index (χ1n) is 6.38. The van der Waals surface area contributed by atoms with Crippen LogP contribution in [0.3, 0.4) is 0 Å². The van der Waals surface area contributed by atoms with E-state index in [-0.39, 0.29) is 0 Å². The molecule has 1 rings (SSSR count). The first kappa shape index (κ1) is 14.7. The van der Waals surface area contributed by atoms with E-state index in [9.17, 15) is 0 Å². The van der Waals surface area contributed by atoms with Crippen molar-refractivity contribution in [2.75, 3.05) is 0 Å². The largest absolute Gasteiger partial charge is 0.271 e. The summed E-state index contributed by atoms with van der Waals surface area (Å²) >= 11 is 1.75. The highest BCUT2D eigenvalue weighted by Gasteiger charge is 2.18. The molecule has 0 amide bonds. The molecule has 1 heterocycles. The second-order valence-corrected chi connectivity index (χ2v) is 7.09. The van der Waals surface area contributed by atoms with Crippen LogP contribution in [-0.2, 0) is 6.42 Å². The minimum atomic E-state index is 0.391. The van der Waals surface area contributed by atoms with Crippen LogP contribution in [0.4, 0.5) is 0 Å². The minimum Gasteiger partial charge on any atom is -0.271 e. The predicted molar refractivity (Wildman–Crippen MR) is 77.0 cm³/mol. The van der Waals surface area contributed by atoms with Crippen molar-refractivity contribution < 1.29 is 0 Å². The molecule has 0 saturated carbocycles. The summed E-state index contributed by atoms with van der Waals surface area (Å²) in [7, 11) is 0. The first-order chi connectivity index (χ1) is 7.90. The number of nitrogens with one attached hydrogen (secondary N) is 1. The molecule has 2 unspecified atom stereocenters. The number of thiophene rings is 1. The Labute approximate surface area is 110 Å². The van der Waals surface area contributed by atoms with Crippen molar-refractivity contribution in [3.63, 3.8) is 0 Å². The molecule has 2 nitrogen and oxygen atoms in total. The van der Waals surface area contributed by atoms with Gasteiger partial charge in [0.25, 0.3) is 0 Å². The fourth-order valence-electron chi connectivity index (χ4n) is 2.52. The lowest BCUT2D eigenvalue weighted by atomic mass is 9.82. The molecule has 0 fully saturated rings. The zero-order valence-corrected chi connectivity index (χ0v) is 12.3. The van der Waals surface area contributed by atoms with Crippen LogP contribution >= 0.6 is 11.3 Å². The predicted octanol–water partition coefficient (Wildman–Crippen LogP) is 3.58. The van der Waals surface area contributed by atoms with Crippen LogP contribution in [0.5, 0.6) is 0 Å². The van der Waals surface area contributed by atoms with Crippen LogP contribution in [0.25, 0.3) is 0 Å². The molecule has 0 spiro atoms. The Bertz CT molecular complexity index is 301. The van der Waals surface area contributed by atoms with Gasteiger partial charge in [0.05, 0.1) is 0 Å². The van der Waals surface area contributed by atoms with Crippen molar-refractivity contribution in [3.8, 4) is 0 Å². The Hall–Kier alpha value is -0.380. The Morgan fingerprint density at radius 2 is 2.12 bits per heavy atom. The maximum absolute atomic E-state index is 5.65. The number of hydrogen-bond acceptors (Lipinski definition) is 3. The van der Waals surface area contributed by atoms with Gasteiger partial charge >= 0.3 is 0 Å². The molecule has 0 saturated heterocycles. The standard InChI is InChI=1S/C14H26N2S/c1-11(9-14(2,3)4)7-13(16-15)8-12-5-6-17-10-12/h5-6,10-11,13,16H,7-9,15H2,1-4H3. The quantitative estimate of drug-likeness (QED) is 0.601. The molecule has 1 aromatic rings. The zero-order valence-electron chi connectivity index (χ0n) is 11.5. The Kier molecular flexibility index (Phi) is 5.63. The lowest BCUT2D eigenvalue weighted by Gasteiger charge is -2.26. The maximum atomic E-state index is 5.65. The van der Waals surface area contributed by atoms with Crippen LogP contribution in [-0.4, -0.2) is 6.04 Å². The van der Waals surface area contributed by atoms with E-state index in [2.05, 4.69) is 49.9 Å². The normalized spacial score (nSPS) is 15.8. The summed E-state index contributed by atoms with van der Waals surface area (Å²) in [6.45, 7) is 9.22. The average molecular weight is 254 g/mol. The Balaban J connectivity index is 2.41. The zero-order chi connectivity index (χ0) is 12.9. The molecule has 0 aliphatic heterocycles. The summed E-state index contributed by atoms with van der Waals surface area (Å²) in [5.41, 5.74) is 4.76. The number of hydrogen-bond donors (Lipinski definition) is 2. The molecular formula is C14H26N2S. The van der Waals surface area contributed by atoms with Gasteiger partial charge in [0.2, 0.25) is 0 Å². The average Bonchev–Trinajstić information content (AvgIpc) is 2.66. The van der Waals surface area contributed by atoms with Crippen LogP contribution in [0, 0.1) is 11.3 Å². The second kappa shape index (κ2) is 6.53. The summed E-state index contributed by atoms with van der Waals surface area (Å²) in [5, 5.41) is 4.33. The SMILES string of the molecule is CC(CC(Cc1ccsc1)NN)CC(C)(C)C. The van der Waals surface area contributed by atoms with Crippen LogP contribution < -0.4 is 11.3 Å². The Morgan fingerprint density at radius 3 is 2.59 bits per heavy atom. The second-order valence-electron chi connectivity index (χ2n) is 6.30. The molecule has 0 bridgehead atoms. The lowest BCUT2D eigenvalue weighted by molar-refractivity contribution is 0.274. The molecular weight excluding hydrogens is 228 g/mol. The molecule has 98 valence electrons. The van der Waals surface area contributed by atoms with Crippen molar-refractivity contribution in [2.45, 2.75) is 53.0 Å². The van der Waals surface area contributed by atoms with E-state index in [1.807, 2.05) is 0 Å². The molecule has 3 heteroatoms. The van der Waals surface area contributed by atoms with E-state index in [0.29, 0.717) is 17.4 Å². The fourth-order valence-corrected chi connectivity index (χ4v) is 3.20. The summed E-state index contributed by atoms with van der Waals surface area (Å²) < 4.78 is 0. The van der Waals surface area contributed by atoms with Crippen LogP contribution in [0.2, 0.25) is 0 Å². The third-order valence-corrected chi connectivity index (χ3v) is 3.68. The highest BCUT2D eigenvalue weighted by Crippen LogP contribution is 2.27. The summed E-state index contributed by atoms with van der Waals surface area (Å²) in [6, 6.07) is 2.57. The molecule has 3 N–H and O–H groups in total. The summed E-state index contributed by atoms with van der Waals surface area (Å²) in [4.78, 5) is 0. The molecule has 1 aromatic heterocycles. The van der Waals surface area contributed by atoms with Gasteiger partial charge in [-0.05, 0) is 53.0 Å². The van der Waals surface area contributed by atoms with Crippen molar-refractivity contribution in [1.82, 2.24) is 5.43 Å². The highest BCUT2D eigenvalue weighted by molar-refractivity contribution is 7.07. The fraction of sp³-hybridized carbons (Fsp3) is 0.714. The van der Waals surface area contributed by atoms with E-state index in [4.69, 9.17) is 5.84 Å². The summed E-state index contributed by atoms with van der Waals surface area (Å²) in [5.74, 6) is 6.36. The van der Waals surface area contributed by atoms with Gasteiger partial charge in [-0.25, -0.2) is 0 Å². The van der Waals surface area contributed by atoms with Gasteiger partial charge in [0, 0.05) is 6.04 Å². The maximum Gasteiger partial charge on any atom is 0.0253 e. The van der Waals surface area contributed by atoms with Crippen molar-refractivity contribution in [3.05, 3.63) is 22.4 Å². The number of rotatable bonds is 6. The van der Waals surface area contributed by atoms with Crippen LogP contribution in [0.1, 0.15) is 46.1 Å². The highest BCUT2D eigenvalue weighted by atomic mass is 32.1. The molecule has 0 aliphatic rings. The van der Waals surface area contributed by atoms with E-state index in [0.717, 1.165) is 12.8 Å². The Morgan fingerprint density at radius 1 is 1.41 bits per heavy atom. The topological polar surface area (TPSA) is 38.0 Å². The van der Waals surface area contributed by atoms with Crippen molar-refractivity contribution in [2.24, 2.45) is 17.2 Å². The first-order valence-corrected chi connectivity index (χ1v) is 7.32. The van der Waals surface area contributed by atoms with Gasteiger partial charge in [0.1, 0.15) is 0 Å². The van der Waals surface area contributed by atoms with E-state index < -0.39 is 0 Å². The van der Waals surface area contributed by atoms with E-state index in [1.165, 1.54) is 12.0 Å². The van der Waals surface area contributed by atoms with Gasteiger partial charge in [0.15, 0.2) is 0 Å². The summed E-state index contributed by atoms with van der Waals surface area (Å²) in [6.07, 6.45) is 3.42. The van der Waals surface area contributed by atoms with Crippen LogP contribution in [0.15, 0.2) is 16.8 Å². The number of nitrogens with two attached hydrogens (primary N) is 1. The van der Waals surface area contributed by atoms with E-state index >= 15 is 0 Å². The van der Waals surface area contributed by atoms with Gasteiger partial charge in [-0.15, -0.1) is 0 Å². The van der Waals surface area contributed by atoms with Gasteiger partial charge in [-0.3, -0.25) is 11.3 Å². The van der Waals surface area contributed by atoms with Crippen molar-refractivity contribution in [1.29, 1.82) is 0 Å². The third kappa shape index (κ3) is 6.20. The molecule has 0 radical (unpaired) electrons. The smallest absolute Gasteiger partial charge is 0.0253 e. The van der Waals surface area contributed by atoms with Gasteiger partial charge in [-0.2, -0.15) is 11.3 Å². The van der Waals surface area contributed by atoms with Crippen molar-refractivity contribution >= 4 is 11.3 Å². The molecule has 0 aromatic carbocycles. The van der Waals surface area contributed by atoms with Gasteiger partial charge in [-0.1, -0.05) is 27.7 Å². The van der Waals surface area contributed by atoms with Gasteiger partial charge < -0.3 is 0 Å².